The fourth-order valence-corrected chi connectivity index (χ4v) is 6.67. The van der Waals surface area contributed by atoms with E-state index in [0.29, 0.717) is 18.9 Å². The van der Waals surface area contributed by atoms with Crippen LogP contribution in [0.5, 0.6) is 0 Å². The van der Waals surface area contributed by atoms with Crippen molar-refractivity contribution in [2.24, 2.45) is 7.05 Å². The molecule has 1 saturated heterocycles. The van der Waals surface area contributed by atoms with Gasteiger partial charge in [0.05, 0.1) is 29.1 Å². The van der Waals surface area contributed by atoms with E-state index in [1.165, 1.54) is 16.2 Å². The number of hydrogen-bond acceptors (Lipinski definition) is 7. The summed E-state index contributed by atoms with van der Waals surface area (Å²) in [6.45, 7) is 5.54. The average molecular weight is 572 g/mol. The van der Waals surface area contributed by atoms with Crippen LogP contribution in [0.25, 0.3) is 33.8 Å². The third-order valence-electron chi connectivity index (χ3n) is 8.02. The molecule has 1 aliphatic rings. The zero-order valence-electron chi connectivity index (χ0n) is 23.4. The van der Waals surface area contributed by atoms with E-state index < -0.39 is 9.84 Å². The molecule has 0 bridgehead atoms. The third kappa shape index (κ3) is 5.47. The molecule has 41 heavy (non-hydrogen) atoms. The molecule has 0 aromatic carbocycles. The average Bonchev–Trinajstić information content (AvgIpc) is 3.55. The van der Waals surface area contributed by atoms with Gasteiger partial charge in [-0.05, 0) is 62.6 Å². The Morgan fingerprint density at radius 3 is 2.44 bits per heavy atom. The molecule has 5 aromatic rings. The molecular formula is C30H33N7O3S. The van der Waals surface area contributed by atoms with Crippen LogP contribution in [0, 0.1) is 0 Å². The van der Waals surface area contributed by atoms with Gasteiger partial charge in [-0.2, -0.15) is 5.10 Å². The maximum atomic E-state index is 12.2. The van der Waals surface area contributed by atoms with E-state index in [-0.39, 0.29) is 22.6 Å². The van der Waals surface area contributed by atoms with Crippen molar-refractivity contribution < 1.29 is 8.42 Å². The SMILES string of the molecule is Cn1cc(-n2cc(CCC(C)(C)N3CCS(=O)(=O)CC3)c3ccc(-c4ccc(-n5ccccc5=O)nc4)nc32)cn1. The molecule has 10 nitrogen and oxygen atoms in total. The minimum Gasteiger partial charge on any atom is -0.298 e. The summed E-state index contributed by atoms with van der Waals surface area (Å²) >= 11 is 0. The minimum absolute atomic E-state index is 0.136. The number of fused-ring (bicyclic) bond motifs is 1. The summed E-state index contributed by atoms with van der Waals surface area (Å²) < 4.78 is 29.3. The van der Waals surface area contributed by atoms with Crippen molar-refractivity contribution in [1.29, 1.82) is 0 Å². The molecule has 11 heteroatoms. The zero-order chi connectivity index (χ0) is 28.8. The highest BCUT2D eigenvalue weighted by Gasteiger charge is 2.32. The van der Waals surface area contributed by atoms with Gasteiger partial charge < -0.3 is 0 Å². The van der Waals surface area contributed by atoms with E-state index in [0.717, 1.165) is 40.8 Å². The van der Waals surface area contributed by atoms with Crippen LogP contribution < -0.4 is 5.56 Å². The lowest BCUT2D eigenvalue weighted by molar-refractivity contribution is 0.123. The Kier molecular flexibility index (Phi) is 6.87. The highest BCUT2D eigenvalue weighted by atomic mass is 32.2. The molecule has 212 valence electrons. The van der Waals surface area contributed by atoms with Gasteiger partial charge in [0.1, 0.15) is 11.5 Å². The molecular weight excluding hydrogens is 538 g/mol. The van der Waals surface area contributed by atoms with Gasteiger partial charge >= 0.3 is 0 Å². The van der Waals surface area contributed by atoms with Crippen LogP contribution in [-0.2, 0) is 23.3 Å². The van der Waals surface area contributed by atoms with Crippen molar-refractivity contribution >= 4 is 20.9 Å². The van der Waals surface area contributed by atoms with E-state index >= 15 is 0 Å². The topological polar surface area (TPSA) is 108 Å². The Morgan fingerprint density at radius 1 is 0.951 bits per heavy atom. The minimum atomic E-state index is -2.92. The molecule has 0 atom stereocenters. The van der Waals surface area contributed by atoms with Crippen LogP contribution in [0.15, 0.2) is 78.2 Å². The molecule has 0 N–H and O–H groups in total. The zero-order valence-corrected chi connectivity index (χ0v) is 24.3. The van der Waals surface area contributed by atoms with Crippen molar-refractivity contribution in [1.82, 2.24) is 33.8 Å². The number of nitrogens with zero attached hydrogens (tertiary/aromatic N) is 7. The van der Waals surface area contributed by atoms with E-state index in [2.05, 4.69) is 45.7 Å². The Morgan fingerprint density at radius 2 is 1.76 bits per heavy atom. The van der Waals surface area contributed by atoms with Gasteiger partial charge in [-0.25, -0.2) is 18.4 Å². The van der Waals surface area contributed by atoms with E-state index in [1.54, 1.807) is 29.2 Å². The van der Waals surface area contributed by atoms with Crippen LogP contribution in [0.1, 0.15) is 25.8 Å². The molecule has 0 saturated carbocycles. The first-order chi connectivity index (χ1) is 19.6. The highest BCUT2D eigenvalue weighted by Crippen LogP contribution is 2.30. The van der Waals surface area contributed by atoms with Crippen molar-refractivity contribution in [3.8, 4) is 22.8 Å². The Hall–Kier alpha value is -4.09. The summed E-state index contributed by atoms with van der Waals surface area (Å²) in [6.07, 6.45) is 11.1. The van der Waals surface area contributed by atoms with Gasteiger partial charge in [0.25, 0.3) is 5.56 Å². The molecule has 6 heterocycles. The summed E-state index contributed by atoms with van der Waals surface area (Å²) in [4.78, 5) is 24.1. The summed E-state index contributed by atoms with van der Waals surface area (Å²) in [7, 11) is -1.03. The second-order valence-corrected chi connectivity index (χ2v) is 13.5. The highest BCUT2D eigenvalue weighted by molar-refractivity contribution is 7.91. The standard InChI is InChI=1S/C30H33N7O3S/c1-30(2,35-14-16-41(39,40)17-15-35)12-11-23-20-37(24-19-32-34(3)21-24)29-25(23)8-9-26(33-29)22-7-10-27(31-18-22)36-13-5-4-6-28(36)38/h4-10,13,18-21H,11-12,14-17H2,1-3H3. The fraction of sp³-hybridized carbons (Fsp3) is 0.333. The van der Waals surface area contributed by atoms with Gasteiger partial charge in [0, 0.05) is 67.5 Å². The molecule has 0 radical (unpaired) electrons. The van der Waals surface area contributed by atoms with Gasteiger partial charge in [-0.3, -0.25) is 23.5 Å². The molecule has 6 rings (SSSR count). The molecule has 1 fully saturated rings. The summed E-state index contributed by atoms with van der Waals surface area (Å²) in [6, 6.07) is 12.9. The molecule has 0 aliphatic carbocycles. The molecule has 0 spiro atoms. The Bertz CT molecular complexity index is 1870. The predicted octanol–water partition coefficient (Wildman–Crippen LogP) is 3.41. The number of aromatic nitrogens is 6. The van der Waals surface area contributed by atoms with E-state index in [1.807, 2.05) is 37.6 Å². The number of aryl methyl sites for hydroxylation is 2. The number of hydrogen-bond donors (Lipinski definition) is 0. The maximum absolute atomic E-state index is 12.2. The smallest absolute Gasteiger partial charge is 0.256 e. The van der Waals surface area contributed by atoms with Crippen LogP contribution in [-0.4, -0.2) is 72.3 Å². The molecule has 1 aliphatic heterocycles. The predicted molar refractivity (Wildman–Crippen MR) is 159 cm³/mol. The maximum Gasteiger partial charge on any atom is 0.256 e. The number of rotatable bonds is 7. The first kappa shape index (κ1) is 27.1. The number of sulfone groups is 1. The second kappa shape index (κ2) is 10.4. The molecule has 0 unspecified atom stereocenters. The lowest BCUT2D eigenvalue weighted by atomic mass is 9.93. The Balaban J connectivity index is 1.32. The monoisotopic (exact) mass is 571 g/mol. The second-order valence-electron chi connectivity index (χ2n) is 11.2. The van der Waals surface area contributed by atoms with Crippen LogP contribution >= 0.6 is 0 Å². The summed E-state index contributed by atoms with van der Waals surface area (Å²) in [5.74, 6) is 0.998. The van der Waals surface area contributed by atoms with Crippen LogP contribution in [0.2, 0.25) is 0 Å². The lowest BCUT2D eigenvalue weighted by Crippen LogP contribution is -2.51. The van der Waals surface area contributed by atoms with Gasteiger partial charge in [0.2, 0.25) is 0 Å². The van der Waals surface area contributed by atoms with Crippen molar-refractivity contribution in [3.63, 3.8) is 0 Å². The first-order valence-electron chi connectivity index (χ1n) is 13.7. The van der Waals surface area contributed by atoms with Gasteiger partial charge in [0.15, 0.2) is 9.84 Å². The van der Waals surface area contributed by atoms with Gasteiger partial charge in [-0.1, -0.05) is 6.07 Å². The van der Waals surface area contributed by atoms with E-state index in [9.17, 15) is 13.2 Å². The van der Waals surface area contributed by atoms with Crippen LogP contribution in [0.4, 0.5) is 0 Å². The normalized spacial score (nSPS) is 15.9. The quantitative estimate of drug-likeness (QED) is 0.295. The Labute approximate surface area is 238 Å². The molecule has 0 amide bonds. The van der Waals surface area contributed by atoms with Crippen molar-refractivity contribution in [3.05, 3.63) is 89.4 Å². The first-order valence-corrected chi connectivity index (χ1v) is 15.5. The fourth-order valence-electron chi connectivity index (χ4n) is 5.47. The number of pyridine rings is 3. The van der Waals surface area contributed by atoms with Crippen molar-refractivity contribution in [2.45, 2.75) is 32.2 Å². The van der Waals surface area contributed by atoms with E-state index in [4.69, 9.17) is 4.98 Å². The van der Waals surface area contributed by atoms with Crippen molar-refractivity contribution in [2.75, 3.05) is 24.6 Å². The third-order valence-corrected chi connectivity index (χ3v) is 9.63. The largest absolute Gasteiger partial charge is 0.298 e. The molecule has 5 aromatic heterocycles. The van der Waals surface area contributed by atoms with Gasteiger partial charge in [-0.15, -0.1) is 0 Å². The summed E-state index contributed by atoms with van der Waals surface area (Å²) in [5, 5.41) is 5.43. The lowest BCUT2D eigenvalue weighted by Gasteiger charge is -2.41. The van der Waals surface area contributed by atoms with Crippen LogP contribution in [0.3, 0.4) is 0 Å². The summed E-state index contributed by atoms with van der Waals surface area (Å²) in [5.41, 5.74) is 4.28.